The quantitative estimate of drug-likeness (QED) is 0.495. The number of rotatable bonds is 11. The van der Waals surface area contributed by atoms with Crippen LogP contribution >= 0.6 is 15.9 Å². The first kappa shape index (κ1) is 17.7. The fourth-order valence-corrected chi connectivity index (χ4v) is 2.83. The highest BCUT2D eigenvalue weighted by atomic mass is 79.9. The van der Waals surface area contributed by atoms with Gasteiger partial charge in [-0.05, 0) is 43.0 Å². The number of nitrogens with one attached hydrogen (secondary N) is 1. The Hall–Kier alpha value is -0.340. The average Bonchev–Trinajstić information content (AvgIpc) is 2.46. The zero-order valence-electron chi connectivity index (χ0n) is 13.1. The Morgan fingerprint density at radius 3 is 2.30 bits per heavy atom. The average molecular weight is 340 g/mol. The highest BCUT2D eigenvalue weighted by Crippen LogP contribution is 2.24. The van der Waals surface area contributed by atoms with Crippen LogP contribution in [0, 0.1) is 0 Å². The third-order valence-corrected chi connectivity index (χ3v) is 4.34. The maximum absolute atomic E-state index is 3.59. The molecule has 0 radical (unpaired) electrons. The van der Waals surface area contributed by atoms with Crippen LogP contribution < -0.4 is 5.32 Å². The summed E-state index contributed by atoms with van der Waals surface area (Å²) >= 11 is 3.52. The Morgan fingerprint density at radius 1 is 0.950 bits per heavy atom. The maximum Gasteiger partial charge on any atom is 0.0175 e. The molecule has 114 valence electrons. The highest BCUT2D eigenvalue weighted by Gasteiger charge is 2.10. The van der Waals surface area contributed by atoms with E-state index in [1.807, 2.05) is 0 Å². The molecule has 1 aromatic carbocycles. The molecule has 0 aliphatic rings. The van der Waals surface area contributed by atoms with E-state index in [2.05, 4.69) is 59.4 Å². The fraction of sp³-hybridized carbons (Fsp3) is 0.667. The molecule has 1 aromatic rings. The topological polar surface area (TPSA) is 12.0 Å². The van der Waals surface area contributed by atoms with E-state index < -0.39 is 0 Å². The van der Waals surface area contributed by atoms with E-state index in [0.717, 1.165) is 13.1 Å². The van der Waals surface area contributed by atoms with Crippen molar-refractivity contribution in [1.82, 2.24) is 5.32 Å². The molecule has 1 atom stereocenters. The van der Waals surface area contributed by atoms with Gasteiger partial charge in [0.1, 0.15) is 0 Å². The van der Waals surface area contributed by atoms with Crippen LogP contribution in [0.1, 0.15) is 70.3 Å². The molecule has 0 bridgehead atoms. The van der Waals surface area contributed by atoms with Gasteiger partial charge in [-0.15, -0.1) is 0 Å². The van der Waals surface area contributed by atoms with Gasteiger partial charge in [0.05, 0.1) is 0 Å². The molecular formula is C18H30BrN. The Labute approximate surface area is 133 Å². The molecule has 20 heavy (non-hydrogen) atoms. The van der Waals surface area contributed by atoms with Crippen LogP contribution in [0.25, 0.3) is 0 Å². The Morgan fingerprint density at radius 2 is 1.65 bits per heavy atom. The molecule has 1 unspecified atom stereocenters. The van der Waals surface area contributed by atoms with Gasteiger partial charge in [0.25, 0.3) is 0 Å². The smallest absolute Gasteiger partial charge is 0.0175 e. The van der Waals surface area contributed by atoms with Crippen LogP contribution in [0.3, 0.4) is 0 Å². The molecule has 0 aliphatic heterocycles. The van der Waals surface area contributed by atoms with Crippen LogP contribution in [0.15, 0.2) is 28.7 Å². The molecular weight excluding hydrogens is 310 g/mol. The Kier molecular flexibility index (Phi) is 10.0. The summed E-state index contributed by atoms with van der Waals surface area (Å²) in [5, 5.41) is 3.59. The van der Waals surface area contributed by atoms with Gasteiger partial charge < -0.3 is 5.32 Å². The summed E-state index contributed by atoms with van der Waals surface area (Å²) in [6.07, 6.45) is 9.37. The van der Waals surface area contributed by atoms with Crippen LogP contribution in [0.4, 0.5) is 0 Å². The van der Waals surface area contributed by atoms with Gasteiger partial charge in [-0.25, -0.2) is 0 Å². The van der Waals surface area contributed by atoms with E-state index in [-0.39, 0.29) is 0 Å². The van der Waals surface area contributed by atoms with Crippen LogP contribution in [0.5, 0.6) is 0 Å². The Balaban J connectivity index is 2.44. The van der Waals surface area contributed by atoms with Crippen molar-refractivity contribution in [1.29, 1.82) is 0 Å². The number of unbranched alkanes of at least 4 members (excludes halogenated alkanes) is 4. The van der Waals surface area contributed by atoms with Crippen molar-refractivity contribution in [2.24, 2.45) is 0 Å². The van der Waals surface area contributed by atoms with E-state index in [9.17, 15) is 0 Å². The van der Waals surface area contributed by atoms with Crippen molar-refractivity contribution >= 4 is 15.9 Å². The van der Waals surface area contributed by atoms with Crippen LogP contribution in [-0.2, 0) is 0 Å². The third-order valence-electron chi connectivity index (χ3n) is 3.82. The zero-order chi connectivity index (χ0) is 14.6. The molecule has 0 fully saturated rings. The summed E-state index contributed by atoms with van der Waals surface area (Å²) in [5.41, 5.74) is 1.48. The lowest BCUT2D eigenvalue weighted by atomic mass is 9.93. The van der Waals surface area contributed by atoms with Gasteiger partial charge in [-0.2, -0.15) is 0 Å². The first-order chi connectivity index (χ1) is 9.77. The SMILES string of the molecule is CCCCCCCC(CNCCC)c1ccc(Br)cc1. The zero-order valence-corrected chi connectivity index (χ0v) is 14.7. The second-order valence-electron chi connectivity index (χ2n) is 5.66. The van der Waals surface area contributed by atoms with Gasteiger partial charge in [-0.1, -0.05) is 74.0 Å². The minimum Gasteiger partial charge on any atom is -0.316 e. The lowest BCUT2D eigenvalue weighted by molar-refractivity contribution is 0.509. The monoisotopic (exact) mass is 339 g/mol. The predicted octanol–water partition coefficient (Wildman–Crippen LogP) is 5.89. The summed E-state index contributed by atoms with van der Waals surface area (Å²) in [7, 11) is 0. The van der Waals surface area contributed by atoms with Gasteiger partial charge in [0.15, 0.2) is 0 Å². The third kappa shape index (κ3) is 7.44. The minimum atomic E-state index is 0.663. The van der Waals surface area contributed by atoms with Crippen molar-refractivity contribution < 1.29 is 0 Å². The summed E-state index contributed by atoms with van der Waals surface area (Å²) in [5.74, 6) is 0.663. The molecule has 0 spiro atoms. The van der Waals surface area contributed by atoms with E-state index in [0.29, 0.717) is 5.92 Å². The standard InChI is InChI=1S/C18H30BrN/c1-3-5-6-7-8-9-17(15-20-14-4-2)16-10-12-18(19)13-11-16/h10-13,17,20H,3-9,14-15H2,1-2H3. The summed E-state index contributed by atoms with van der Waals surface area (Å²) in [6, 6.07) is 8.88. The van der Waals surface area contributed by atoms with Crippen molar-refractivity contribution in [2.75, 3.05) is 13.1 Å². The summed E-state index contributed by atoms with van der Waals surface area (Å²) < 4.78 is 1.17. The van der Waals surface area contributed by atoms with Gasteiger partial charge in [0.2, 0.25) is 0 Å². The van der Waals surface area contributed by atoms with E-state index in [1.165, 1.54) is 55.0 Å². The predicted molar refractivity (Wildman–Crippen MR) is 93.4 cm³/mol. The first-order valence-corrected chi connectivity index (χ1v) is 9.03. The second-order valence-corrected chi connectivity index (χ2v) is 6.57. The fourth-order valence-electron chi connectivity index (χ4n) is 2.57. The number of hydrogen-bond donors (Lipinski definition) is 1. The molecule has 0 saturated carbocycles. The highest BCUT2D eigenvalue weighted by molar-refractivity contribution is 9.10. The maximum atomic E-state index is 3.59. The van der Waals surface area contributed by atoms with E-state index in [4.69, 9.17) is 0 Å². The second kappa shape index (κ2) is 11.3. The molecule has 0 aliphatic carbocycles. The molecule has 1 N–H and O–H groups in total. The molecule has 0 heterocycles. The number of benzene rings is 1. The number of hydrogen-bond acceptors (Lipinski definition) is 1. The Bertz CT molecular complexity index is 334. The van der Waals surface area contributed by atoms with Gasteiger partial charge in [-0.3, -0.25) is 0 Å². The van der Waals surface area contributed by atoms with Crippen LogP contribution in [-0.4, -0.2) is 13.1 Å². The molecule has 2 heteroatoms. The molecule has 1 rings (SSSR count). The summed E-state index contributed by atoms with van der Waals surface area (Å²) in [4.78, 5) is 0. The molecule has 0 saturated heterocycles. The molecule has 1 nitrogen and oxygen atoms in total. The van der Waals surface area contributed by atoms with Crippen molar-refractivity contribution in [3.63, 3.8) is 0 Å². The largest absolute Gasteiger partial charge is 0.316 e. The van der Waals surface area contributed by atoms with Crippen LogP contribution in [0.2, 0.25) is 0 Å². The lowest BCUT2D eigenvalue weighted by Gasteiger charge is -2.18. The van der Waals surface area contributed by atoms with Crippen molar-refractivity contribution in [3.05, 3.63) is 34.3 Å². The summed E-state index contributed by atoms with van der Waals surface area (Å²) in [6.45, 7) is 6.75. The van der Waals surface area contributed by atoms with E-state index >= 15 is 0 Å². The van der Waals surface area contributed by atoms with Crippen molar-refractivity contribution in [3.8, 4) is 0 Å². The van der Waals surface area contributed by atoms with Crippen molar-refractivity contribution in [2.45, 2.75) is 64.7 Å². The molecule has 0 amide bonds. The lowest BCUT2D eigenvalue weighted by Crippen LogP contribution is -2.22. The van der Waals surface area contributed by atoms with Gasteiger partial charge >= 0.3 is 0 Å². The molecule has 0 aromatic heterocycles. The number of halogens is 1. The van der Waals surface area contributed by atoms with Gasteiger partial charge in [0, 0.05) is 11.0 Å². The first-order valence-electron chi connectivity index (χ1n) is 8.24. The minimum absolute atomic E-state index is 0.663. The normalized spacial score (nSPS) is 12.6. The van der Waals surface area contributed by atoms with E-state index in [1.54, 1.807) is 0 Å².